The van der Waals surface area contributed by atoms with Crippen molar-refractivity contribution in [3.05, 3.63) is 64.2 Å². The Labute approximate surface area is 191 Å². The van der Waals surface area contributed by atoms with Crippen molar-refractivity contribution in [2.24, 2.45) is 0 Å². The number of amides is 3. The molecule has 0 saturated carbocycles. The highest BCUT2D eigenvalue weighted by Gasteiger charge is 2.21. The molecule has 32 heavy (non-hydrogen) atoms. The number of rotatable bonds is 8. The van der Waals surface area contributed by atoms with E-state index in [1.54, 1.807) is 18.2 Å². The molecule has 170 valence electrons. The number of hydrogen-bond donors (Lipinski definition) is 2. The molecular formula is C23H26ClN3O5. The predicted octanol–water partition coefficient (Wildman–Crippen LogP) is 2.72. The van der Waals surface area contributed by atoms with E-state index in [-0.39, 0.29) is 23.0 Å². The maximum Gasteiger partial charge on any atom is 0.328 e. The summed E-state index contributed by atoms with van der Waals surface area (Å²) in [5.74, 6) is -2.25. The molecule has 0 aromatic heterocycles. The van der Waals surface area contributed by atoms with Crippen molar-refractivity contribution in [1.29, 1.82) is 0 Å². The van der Waals surface area contributed by atoms with E-state index in [0.717, 1.165) is 16.0 Å². The van der Waals surface area contributed by atoms with E-state index in [0.29, 0.717) is 5.69 Å². The van der Waals surface area contributed by atoms with Crippen LogP contribution in [-0.2, 0) is 19.1 Å². The molecule has 2 N–H and O–H groups in total. The minimum Gasteiger partial charge on any atom is -0.454 e. The lowest BCUT2D eigenvalue weighted by Crippen LogP contribution is -2.42. The Balaban J connectivity index is 1.81. The van der Waals surface area contributed by atoms with Gasteiger partial charge in [0.1, 0.15) is 6.04 Å². The molecule has 2 aromatic rings. The average molecular weight is 460 g/mol. The van der Waals surface area contributed by atoms with Gasteiger partial charge in [-0.1, -0.05) is 41.9 Å². The third kappa shape index (κ3) is 6.81. The van der Waals surface area contributed by atoms with Gasteiger partial charge in [0, 0.05) is 12.7 Å². The van der Waals surface area contributed by atoms with Crippen LogP contribution >= 0.6 is 11.6 Å². The van der Waals surface area contributed by atoms with Gasteiger partial charge in [0.05, 0.1) is 17.1 Å². The van der Waals surface area contributed by atoms with Gasteiger partial charge in [-0.05, 0) is 44.0 Å². The summed E-state index contributed by atoms with van der Waals surface area (Å²) in [4.78, 5) is 50.1. The molecule has 1 atom stereocenters. The van der Waals surface area contributed by atoms with Crippen molar-refractivity contribution in [1.82, 2.24) is 10.2 Å². The van der Waals surface area contributed by atoms with E-state index >= 15 is 0 Å². The van der Waals surface area contributed by atoms with Gasteiger partial charge < -0.3 is 20.3 Å². The summed E-state index contributed by atoms with van der Waals surface area (Å²) in [6, 6.07) is 11.1. The van der Waals surface area contributed by atoms with Crippen LogP contribution in [0.2, 0.25) is 5.02 Å². The number of halogens is 1. The first kappa shape index (κ1) is 24.9. The molecule has 2 aromatic carbocycles. The summed E-state index contributed by atoms with van der Waals surface area (Å²) in [7, 11) is 1.43. The molecule has 0 aliphatic carbocycles. The number of benzene rings is 2. The number of carbonyl (C=O) groups is 4. The molecule has 0 radical (unpaired) electrons. The lowest BCUT2D eigenvalue weighted by molar-refractivity contribution is -0.153. The van der Waals surface area contributed by atoms with Crippen LogP contribution in [0.15, 0.2) is 42.5 Å². The highest BCUT2D eigenvalue weighted by Crippen LogP contribution is 2.19. The van der Waals surface area contributed by atoms with Crippen LogP contribution in [0.3, 0.4) is 0 Å². The molecule has 0 aliphatic rings. The summed E-state index contributed by atoms with van der Waals surface area (Å²) in [6.07, 6.45) is 0. The molecule has 0 aliphatic heterocycles. The fraction of sp³-hybridized carbons (Fsp3) is 0.304. The summed E-state index contributed by atoms with van der Waals surface area (Å²) in [5.41, 5.74) is 2.75. The third-order valence-corrected chi connectivity index (χ3v) is 5.04. The van der Waals surface area contributed by atoms with Crippen LogP contribution < -0.4 is 10.6 Å². The van der Waals surface area contributed by atoms with Crippen LogP contribution in [0.25, 0.3) is 0 Å². The maximum atomic E-state index is 12.3. The molecule has 3 amide bonds. The molecule has 0 heterocycles. The van der Waals surface area contributed by atoms with Crippen molar-refractivity contribution in [2.75, 3.05) is 25.5 Å². The normalized spacial score (nSPS) is 11.3. The Morgan fingerprint density at radius 1 is 1.03 bits per heavy atom. The second-order valence-electron chi connectivity index (χ2n) is 7.35. The van der Waals surface area contributed by atoms with Gasteiger partial charge in [0.25, 0.3) is 11.8 Å². The van der Waals surface area contributed by atoms with Crippen LogP contribution in [0, 0.1) is 13.8 Å². The standard InChI is InChI=1S/C23H26ClN3O5/c1-14-8-7-9-15(2)21(14)26-19(28)12-27(4)20(29)13-32-23(31)16(3)25-22(30)17-10-5-6-11-18(17)24/h5-11,16H,12-13H2,1-4H3,(H,25,30)(H,26,28)/t16-/m0/s1. The van der Waals surface area contributed by atoms with Crippen molar-refractivity contribution >= 4 is 41.0 Å². The first-order valence-corrected chi connectivity index (χ1v) is 10.3. The number of carbonyl (C=O) groups excluding carboxylic acids is 4. The van der Waals surface area contributed by atoms with Crippen LogP contribution in [0.5, 0.6) is 0 Å². The second kappa shape index (κ2) is 11.3. The molecule has 0 spiro atoms. The molecule has 0 saturated heterocycles. The zero-order valence-electron chi connectivity index (χ0n) is 18.4. The van der Waals surface area contributed by atoms with E-state index in [1.165, 1.54) is 20.0 Å². The van der Waals surface area contributed by atoms with Gasteiger partial charge in [-0.15, -0.1) is 0 Å². The van der Waals surface area contributed by atoms with Crippen LogP contribution in [0.4, 0.5) is 5.69 Å². The van der Waals surface area contributed by atoms with Crippen molar-refractivity contribution in [2.45, 2.75) is 26.8 Å². The highest BCUT2D eigenvalue weighted by molar-refractivity contribution is 6.33. The fourth-order valence-electron chi connectivity index (χ4n) is 2.84. The van der Waals surface area contributed by atoms with E-state index < -0.39 is 30.4 Å². The summed E-state index contributed by atoms with van der Waals surface area (Å²) < 4.78 is 4.98. The number of para-hydroxylation sites is 1. The molecule has 9 heteroatoms. The summed E-state index contributed by atoms with van der Waals surface area (Å²) >= 11 is 5.97. The summed E-state index contributed by atoms with van der Waals surface area (Å²) in [6.45, 7) is 4.43. The SMILES string of the molecule is Cc1cccc(C)c1NC(=O)CN(C)C(=O)COC(=O)[C@H](C)NC(=O)c1ccccc1Cl. The lowest BCUT2D eigenvalue weighted by atomic mass is 10.1. The molecular weight excluding hydrogens is 434 g/mol. The molecule has 8 nitrogen and oxygen atoms in total. The number of aryl methyl sites for hydroxylation is 2. The van der Waals surface area contributed by atoms with Gasteiger partial charge in [-0.25, -0.2) is 4.79 Å². The van der Waals surface area contributed by atoms with Crippen molar-refractivity contribution in [3.8, 4) is 0 Å². The zero-order valence-corrected chi connectivity index (χ0v) is 19.2. The molecule has 2 rings (SSSR count). The van der Waals surface area contributed by atoms with E-state index in [4.69, 9.17) is 16.3 Å². The van der Waals surface area contributed by atoms with Crippen LogP contribution in [-0.4, -0.2) is 54.8 Å². The quantitative estimate of drug-likeness (QED) is 0.590. The lowest BCUT2D eigenvalue weighted by Gasteiger charge is -2.19. The Kier molecular flexibility index (Phi) is 8.78. The Morgan fingerprint density at radius 3 is 2.28 bits per heavy atom. The minimum absolute atomic E-state index is 0.205. The van der Waals surface area contributed by atoms with Gasteiger partial charge in [-0.3, -0.25) is 14.4 Å². The van der Waals surface area contributed by atoms with Crippen molar-refractivity contribution in [3.63, 3.8) is 0 Å². The zero-order chi connectivity index (χ0) is 23.8. The minimum atomic E-state index is -0.996. The van der Waals surface area contributed by atoms with Crippen LogP contribution in [0.1, 0.15) is 28.4 Å². The molecule has 0 bridgehead atoms. The number of nitrogens with zero attached hydrogens (tertiary/aromatic N) is 1. The Morgan fingerprint density at radius 2 is 1.66 bits per heavy atom. The van der Waals surface area contributed by atoms with Gasteiger partial charge >= 0.3 is 5.97 Å². The topological polar surface area (TPSA) is 105 Å². The smallest absolute Gasteiger partial charge is 0.328 e. The van der Waals surface area contributed by atoms with Gasteiger partial charge in [0.2, 0.25) is 5.91 Å². The predicted molar refractivity (Wildman–Crippen MR) is 122 cm³/mol. The largest absolute Gasteiger partial charge is 0.454 e. The maximum absolute atomic E-state index is 12.3. The highest BCUT2D eigenvalue weighted by atomic mass is 35.5. The average Bonchev–Trinajstić information content (AvgIpc) is 2.74. The van der Waals surface area contributed by atoms with E-state index in [1.807, 2.05) is 32.0 Å². The third-order valence-electron chi connectivity index (χ3n) is 4.71. The molecule has 0 unspecified atom stereocenters. The van der Waals surface area contributed by atoms with Crippen molar-refractivity contribution < 1.29 is 23.9 Å². The second-order valence-corrected chi connectivity index (χ2v) is 7.75. The molecule has 0 fully saturated rings. The Hall–Kier alpha value is -3.39. The number of nitrogens with one attached hydrogen (secondary N) is 2. The monoisotopic (exact) mass is 459 g/mol. The van der Waals surface area contributed by atoms with Gasteiger partial charge in [-0.2, -0.15) is 0 Å². The first-order valence-electron chi connectivity index (χ1n) is 9.92. The first-order chi connectivity index (χ1) is 15.1. The number of esters is 1. The fourth-order valence-corrected chi connectivity index (χ4v) is 3.06. The summed E-state index contributed by atoms with van der Waals surface area (Å²) in [5, 5.41) is 5.51. The van der Waals surface area contributed by atoms with E-state index in [2.05, 4.69) is 10.6 Å². The Bertz CT molecular complexity index is 1000. The number of hydrogen-bond acceptors (Lipinski definition) is 5. The number of anilines is 1. The van der Waals surface area contributed by atoms with Gasteiger partial charge in [0.15, 0.2) is 6.61 Å². The van der Waals surface area contributed by atoms with E-state index in [9.17, 15) is 19.2 Å². The number of ether oxygens (including phenoxy) is 1. The number of likely N-dealkylation sites (N-methyl/N-ethyl adjacent to an activating group) is 1.